The minimum atomic E-state index is 0.826. The number of rotatable bonds is 6. The van der Waals surface area contributed by atoms with Gasteiger partial charge in [-0.25, -0.2) is 0 Å². The zero-order valence-corrected chi connectivity index (χ0v) is 17.8. The summed E-state index contributed by atoms with van der Waals surface area (Å²) in [5.74, 6) is 0. The molecule has 0 atom stereocenters. The molecule has 0 saturated heterocycles. The normalized spacial score (nSPS) is 10.2. The van der Waals surface area contributed by atoms with E-state index in [4.69, 9.17) is 10.6 Å². The minimum absolute atomic E-state index is 0.826. The molecule has 4 aromatic rings. The van der Waals surface area contributed by atoms with Crippen molar-refractivity contribution in [1.82, 2.24) is 0 Å². The first-order chi connectivity index (χ1) is 14.9. The van der Waals surface area contributed by atoms with Crippen LogP contribution in [0.5, 0.6) is 0 Å². The van der Waals surface area contributed by atoms with Gasteiger partial charge in [0.15, 0.2) is 0 Å². The fourth-order valence-corrected chi connectivity index (χ4v) is 2.78. The van der Waals surface area contributed by atoms with Crippen molar-refractivity contribution in [1.29, 1.82) is 0 Å². The Kier molecular flexibility index (Phi) is 8.54. The van der Waals surface area contributed by atoms with Gasteiger partial charge in [0.2, 0.25) is 0 Å². The number of para-hydroxylation sites is 5. The molecule has 0 fully saturated rings. The molecule has 0 saturated carbocycles. The van der Waals surface area contributed by atoms with Gasteiger partial charge in [-0.3, -0.25) is 4.99 Å². The molecule has 0 radical (unpaired) electrons. The molecular weight excluding hydrogens is 437 g/mol. The molecule has 0 aliphatic heterocycles. The number of halogens is 1. The summed E-state index contributed by atoms with van der Waals surface area (Å²) in [6.07, 6.45) is 1.85. The van der Waals surface area contributed by atoms with Gasteiger partial charge in [0.25, 0.3) is 0 Å². The summed E-state index contributed by atoms with van der Waals surface area (Å²) in [7, 11) is 4.33. The van der Waals surface area contributed by atoms with Crippen molar-refractivity contribution in [3.05, 3.63) is 125 Å². The molecule has 4 aromatic carbocycles. The van der Waals surface area contributed by atoms with Crippen molar-refractivity contribution in [3.8, 4) is 0 Å². The van der Waals surface area contributed by atoms with Crippen molar-refractivity contribution < 1.29 is 14.8 Å². The molecule has 0 N–H and O–H groups in total. The van der Waals surface area contributed by atoms with Crippen molar-refractivity contribution in [2.75, 3.05) is 0 Å². The number of hydrogen-bond acceptors (Lipinski definition) is 1. The van der Waals surface area contributed by atoms with Crippen LogP contribution in [-0.4, -0.2) is 6.21 Å². The first kappa shape index (κ1) is 21.7. The van der Waals surface area contributed by atoms with Gasteiger partial charge in [-0.2, -0.15) is 11.4 Å². The maximum absolute atomic E-state index is 4.86. The summed E-state index contributed by atoms with van der Waals surface area (Å²) in [6, 6.07) is 35.7. The standard InChI is InChI=1S/C25H19N3.ClH.Co/c1-3-12-21(13-4-1)26-19-20-11-7-8-16-23(20)28-25-18-10-9-17-24(25)27-22-14-5-2-6-15-22;;/h1-19H;1H;/q-2;;+3/p-1. The molecular formula is C25H19ClCoN3. The van der Waals surface area contributed by atoms with Crippen LogP contribution < -0.4 is 0 Å². The van der Waals surface area contributed by atoms with Crippen LogP contribution in [0.4, 0.5) is 28.4 Å². The van der Waals surface area contributed by atoms with Gasteiger partial charge in [0.05, 0.1) is 5.69 Å². The SMILES string of the molecule is C(=Nc1ccccc1)c1ccccc1[N-]c1ccccc1[N-]c1ccccc1.[Cl][Co+2]. The molecule has 4 rings (SSSR count). The van der Waals surface area contributed by atoms with Crippen molar-refractivity contribution in [3.63, 3.8) is 0 Å². The second-order valence-electron chi connectivity index (χ2n) is 6.20. The predicted octanol–water partition coefficient (Wildman–Crippen LogP) is 8.80. The van der Waals surface area contributed by atoms with E-state index in [2.05, 4.69) is 30.0 Å². The van der Waals surface area contributed by atoms with Gasteiger partial charge in [-0.05, 0) is 17.7 Å². The summed E-state index contributed by atoms with van der Waals surface area (Å²) < 4.78 is 0. The number of aliphatic imine (C=N–C) groups is 1. The van der Waals surface area contributed by atoms with E-state index < -0.39 is 0 Å². The van der Waals surface area contributed by atoms with E-state index in [-0.39, 0.29) is 0 Å². The Hall–Kier alpha value is -3.05. The molecule has 150 valence electrons. The van der Waals surface area contributed by atoms with E-state index in [0.29, 0.717) is 0 Å². The van der Waals surface area contributed by atoms with Crippen molar-refractivity contribution >= 4 is 44.8 Å². The summed E-state index contributed by atoms with van der Waals surface area (Å²) in [6.45, 7) is 0. The Morgan fingerprint density at radius 1 is 0.567 bits per heavy atom. The number of benzene rings is 4. The summed E-state index contributed by atoms with van der Waals surface area (Å²) in [5.41, 5.74) is 5.30. The number of nitrogens with zero attached hydrogens (tertiary/aromatic N) is 3. The van der Waals surface area contributed by atoms with Crippen LogP contribution in [0.25, 0.3) is 10.6 Å². The average Bonchev–Trinajstić information content (AvgIpc) is 2.82. The summed E-state index contributed by atoms with van der Waals surface area (Å²) >= 11 is 3.03. The molecule has 30 heavy (non-hydrogen) atoms. The monoisotopic (exact) mass is 455 g/mol. The van der Waals surface area contributed by atoms with Crippen LogP contribution in [0.15, 0.2) is 114 Å². The molecule has 0 amide bonds. The van der Waals surface area contributed by atoms with E-state index >= 15 is 0 Å². The Balaban J connectivity index is 0.00000124. The third-order valence-electron chi connectivity index (χ3n) is 4.17. The van der Waals surface area contributed by atoms with Crippen LogP contribution in [0.1, 0.15) is 5.56 Å². The summed E-state index contributed by atoms with van der Waals surface area (Å²) in [5, 5.41) is 9.60. The van der Waals surface area contributed by atoms with Crippen LogP contribution >= 0.6 is 10.1 Å². The van der Waals surface area contributed by atoms with Gasteiger partial charge in [-0.15, -0.1) is 11.4 Å². The van der Waals surface area contributed by atoms with Crippen molar-refractivity contribution in [2.45, 2.75) is 0 Å². The Bertz CT molecular complexity index is 1070. The van der Waals surface area contributed by atoms with Gasteiger partial charge in [-0.1, -0.05) is 97.1 Å². The van der Waals surface area contributed by atoms with Crippen LogP contribution in [0, 0.1) is 0 Å². The fourth-order valence-electron chi connectivity index (χ4n) is 2.78. The zero-order chi connectivity index (χ0) is 21.0. The molecule has 0 unspecified atom stereocenters. The van der Waals surface area contributed by atoms with Crippen molar-refractivity contribution in [2.24, 2.45) is 4.99 Å². The molecule has 0 aliphatic rings. The van der Waals surface area contributed by atoms with E-state index in [1.807, 2.05) is 115 Å². The molecule has 0 spiro atoms. The van der Waals surface area contributed by atoms with Crippen LogP contribution in [0.3, 0.4) is 0 Å². The maximum atomic E-state index is 4.86. The van der Waals surface area contributed by atoms with E-state index in [1.165, 1.54) is 0 Å². The van der Waals surface area contributed by atoms with Gasteiger partial charge in [0.1, 0.15) is 0 Å². The van der Waals surface area contributed by atoms with Crippen LogP contribution in [-0.2, 0) is 14.8 Å². The Labute approximate surface area is 189 Å². The molecule has 0 bridgehead atoms. The topological polar surface area (TPSA) is 40.6 Å². The van der Waals surface area contributed by atoms with Gasteiger partial charge in [0, 0.05) is 6.21 Å². The third-order valence-corrected chi connectivity index (χ3v) is 4.17. The van der Waals surface area contributed by atoms with Crippen LogP contribution in [0.2, 0.25) is 0 Å². The molecule has 0 aromatic heterocycles. The first-order valence-electron chi connectivity index (χ1n) is 9.27. The van der Waals surface area contributed by atoms with E-state index in [1.54, 1.807) is 0 Å². The molecule has 5 heteroatoms. The van der Waals surface area contributed by atoms with E-state index in [9.17, 15) is 0 Å². The average molecular weight is 456 g/mol. The molecule has 0 aliphatic carbocycles. The molecule has 3 nitrogen and oxygen atoms in total. The fraction of sp³-hybridized carbons (Fsp3) is 0. The van der Waals surface area contributed by atoms with E-state index in [0.717, 1.165) is 34.0 Å². The zero-order valence-electron chi connectivity index (χ0n) is 16.0. The Morgan fingerprint density at radius 3 is 1.73 bits per heavy atom. The van der Waals surface area contributed by atoms with Gasteiger partial charge < -0.3 is 10.6 Å². The Morgan fingerprint density at radius 2 is 1.07 bits per heavy atom. The first-order valence-corrected chi connectivity index (χ1v) is 10.7. The predicted molar refractivity (Wildman–Crippen MR) is 124 cm³/mol. The number of hydrogen-bond donors (Lipinski definition) is 0. The summed E-state index contributed by atoms with van der Waals surface area (Å²) in [4.78, 5) is 4.56. The second-order valence-corrected chi connectivity index (χ2v) is 6.20. The molecule has 0 heterocycles. The quantitative estimate of drug-likeness (QED) is 0.261. The third kappa shape index (κ3) is 6.22. The van der Waals surface area contributed by atoms with Gasteiger partial charge >= 0.3 is 25.0 Å². The second kappa shape index (κ2) is 11.8.